The van der Waals surface area contributed by atoms with Gasteiger partial charge in [0.1, 0.15) is 76.8 Å². The second-order valence-electron chi connectivity index (χ2n) is 12.2. The van der Waals surface area contributed by atoms with Crippen molar-refractivity contribution in [1.82, 2.24) is 0 Å². The van der Waals surface area contributed by atoms with Gasteiger partial charge in [-0.05, 0) is 17.5 Å². The maximum Gasteiger partial charge on any atom is 0.186 e. The molecule has 0 aliphatic carbocycles. The van der Waals surface area contributed by atoms with Gasteiger partial charge in [0.2, 0.25) is 0 Å². The maximum absolute atomic E-state index is 10.1. The number of nitrogens with zero attached hydrogens (tertiary/aromatic N) is 3. The fraction of sp³-hybridized carbons (Fsp3) is 0.800. The van der Waals surface area contributed by atoms with E-state index in [4.69, 9.17) is 29.5 Å². The van der Waals surface area contributed by atoms with Crippen molar-refractivity contribution in [3.8, 4) is 0 Å². The molecular formula is C30H54N5O9+3. The van der Waals surface area contributed by atoms with Gasteiger partial charge in [0.05, 0.1) is 64.6 Å². The molecule has 14 heteroatoms. The maximum atomic E-state index is 10.1. The van der Waals surface area contributed by atoms with Crippen molar-refractivity contribution in [3.05, 3.63) is 35.4 Å². The number of ether oxygens (including phenoxy) is 5. The Morgan fingerprint density at radius 3 is 1.86 bits per heavy atom. The molecule has 7 N–H and O–H groups in total. The molecule has 5 atom stereocenters. The SMILES string of the molecule is NN=[NH+]CCOCCOCCOCC[N+]12CC[N+](CCc3ccc(CCO[C@@H]4O[C@H](CO)[C@@H](O)[C@H](O)[C@H]4O)cc3)(CC1)CC2. The van der Waals surface area contributed by atoms with Crippen molar-refractivity contribution in [2.24, 2.45) is 11.1 Å². The molecule has 0 aromatic heterocycles. The summed E-state index contributed by atoms with van der Waals surface area (Å²) in [7, 11) is 0. The molecule has 44 heavy (non-hydrogen) atoms. The molecule has 0 spiro atoms. The van der Waals surface area contributed by atoms with Crippen LogP contribution in [0, 0.1) is 0 Å². The first-order valence-electron chi connectivity index (χ1n) is 16.0. The summed E-state index contributed by atoms with van der Waals surface area (Å²) in [5.41, 5.74) is 2.43. The van der Waals surface area contributed by atoms with Crippen LogP contribution in [0.1, 0.15) is 11.1 Å². The van der Waals surface area contributed by atoms with Crippen molar-refractivity contribution < 1.29 is 58.2 Å². The number of nitrogens with two attached hydrogens (primary N) is 1. The molecule has 14 nitrogen and oxygen atoms in total. The number of hydrogen-bond donors (Lipinski definition) is 6. The summed E-state index contributed by atoms with van der Waals surface area (Å²) < 4.78 is 30.3. The third-order valence-electron chi connectivity index (χ3n) is 9.47. The fourth-order valence-electron chi connectivity index (χ4n) is 6.33. The highest BCUT2D eigenvalue weighted by atomic mass is 16.7. The first-order chi connectivity index (χ1) is 21.4. The summed E-state index contributed by atoms with van der Waals surface area (Å²) in [5.74, 6) is 4.99. The zero-order valence-corrected chi connectivity index (χ0v) is 25.9. The lowest BCUT2D eigenvalue weighted by atomic mass is 9.99. The molecule has 5 rings (SSSR count). The average molecular weight is 629 g/mol. The highest BCUT2D eigenvalue weighted by Gasteiger charge is 2.48. The minimum Gasteiger partial charge on any atom is -0.394 e. The van der Waals surface area contributed by atoms with E-state index >= 15 is 0 Å². The Bertz CT molecular complexity index is 962. The number of rotatable bonds is 20. The second-order valence-corrected chi connectivity index (χ2v) is 12.2. The number of benzene rings is 1. The van der Waals surface area contributed by atoms with Gasteiger partial charge in [0, 0.05) is 6.42 Å². The summed E-state index contributed by atoms with van der Waals surface area (Å²) >= 11 is 0. The summed E-state index contributed by atoms with van der Waals surface area (Å²) in [4.78, 5) is 0. The van der Waals surface area contributed by atoms with E-state index < -0.39 is 37.3 Å². The quantitative estimate of drug-likeness (QED) is 0.0282. The minimum absolute atomic E-state index is 0.280. The Morgan fingerprint density at radius 2 is 1.27 bits per heavy atom. The van der Waals surface area contributed by atoms with Crippen molar-refractivity contribution in [3.63, 3.8) is 0 Å². The summed E-state index contributed by atoms with van der Waals surface area (Å²) in [6.07, 6.45) is -4.58. The first kappa shape index (κ1) is 35.0. The van der Waals surface area contributed by atoms with Crippen LogP contribution in [0.2, 0.25) is 0 Å². The summed E-state index contributed by atoms with van der Waals surface area (Å²) in [6, 6.07) is 8.58. The molecule has 0 amide bonds. The third kappa shape index (κ3) is 10.1. The number of nitrogens with one attached hydrogen (secondary N) is 1. The van der Waals surface area contributed by atoms with Gasteiger partial charge in [-0.2, -0.15) is 11.0 Å². The van der Waals surface area contributed by atoms with E-state index in [2.05, 4.69) is 34.6 Å². The molecule has 4 aliphatic rings. The second kappa shape index (κ2) is 17.8. The number of aliphatic hydroxyl groups is 4. The summed E-state index contributed by atoms with van der Waals surface area (Å²) in [6.45, 7) is 13.6. The van der Waals surface area contributed by atoms with E-state index in [0.717, 1.165) is 31.7 Å². The Morgan fingerprint density at radius 1 is 0.727 bits per heavy atom. The Kier molecular flexibility index (Phi) is 14.1. The topological polar surface area (TPSA) is 179 Å². The molecule has 4 heterocycles. The molecule has 0 saturated carbocycles. The van der Waals surface area contributed by atoms with E-state index in [9.17, 15) is 20.4 Å². The zero-order valence-electron chi connectivity index (χ0n) is 25.9. The lowest BCUT2D eigenvalue weighted by Gasteiger charge is -2.55. The predicted octanol–water partition coefficient (Wildman–Crippen LogP) is -3.29. The van der Waals surface area contributed by atoms with E-state index in [1.54, 1.807) is 0 Å². The van der Waals surface area contributed by atoms with Gasteiger partial charge < -0.3 is 53.1 Å². The van der Waals surface area contributed by atoms with Gasteiger partial charge >= 0.3 is 0 Å². The van der Waals surface area contributed by atoms with Crippen LogP contribution in [0.4, 0.5) is 0 Å². The highest BCUT2D eigenvalue weighted by Crippen LogP contribution is 2.27. The number of piperazine rings is 3. The minimum atomic E-state index is -1.43. The molecule has 0 radical (unpaired) electrons. The van der Waals surface area contributed by atoms with Crippen LogP contribution in [0.3, 0.4) is 0 Å². The monoisotopic (exact) mass is 628 g/mol. The molecule has 0 unspecified atom stereocenters. The number of aliphatic hydroxyl groups excluding tert-OH is 4. The standard InChI is InChI=1S/C30H53N5O9/c31-33-32-7-17-40-19-21-42-22-20-41-18-15-35-12-9-34(10-13-35,11-14-35)8-5-24-1-3-25(4-2-24)6-16-43-30-29(39)28(38)27(37)26(23-36)44-30/h1-4,26-30,36-39H,5-23H2,(H2,31,32)/q+2/p+1/t26-,27-,28+,29-,30-,34?,35?/m1/s1. The van der Waals surface area contributed by atoms with Gasteiger partial charge in [-0.3, -0.25) is 0 Å². The molecule has 2 bridgehead atoms. The van der Waals surface area contributed by atoms with Crippen LogP contribution in [0.25, 0.3) is 0 Å². The van der Waals surface area contributed by atoms with Crippen LogP contribution in [-0.2, 0) is 36.5 Å². The van der Waals surface area contributed by atoms with E-state index in [-0.39, 0.29) is 6.61 Å². The van der Waals surface area contributed by atoms with Crippen LogP contribution < -0.4 is 11.0 Å². The van der Waals surface area contributed by atoms with Crippen LogP contribution in [0.5, 0.6) is 0 Å². The van der Waals surface area contributed by atoms with E-state index in [1.807, 2.05) is 0 Å². The smallest absolute Gasteiger partial charge is 0.186 e. The van der Waals surface area contributed by atoms with Crippen LogP contribution in [-0.4, -0.2) is 172 Å². The van der Waals surface area contributed by atoms with Crippen molar-refractivity contribution in [2.75, 3.05) is 112 Å². The average Bonchev–Trinajstić information content (AvgIpc) is 3.06. The molecule has 1 aromatic rings. The summed E-state index contributed by atoms with van der Waals surface area (Å²) in [5, 5.41) is 45.2. The van der Waals surface area contributed by atoms with Gasteiger partial charge in [0.15, 0.2) is 6.29 Å². The van der Waals surface area contributed by atoms with Gasteiger partial charge in [-0.25, -0.2) is 0 Å². The molecule has 250 valence electrons. The Balaban J connectivity index is 1.06. The zero-order chi connectivity index (χ0) is 31.3. The largest absolute Gasteiger partial charge is 0.394 e. The number of quaternary nitrogens is 2. The van der Waals surface area contributed by atoms with Crippen LogP contribution >= 0.6 is 0 Å². The molecular weight excluding hydrogens is 574 g/mol. The molecule has 4 aliphatic heterocycles. The van der Waals surface area contributed by atoms with E-state index in [1.165, 1.54) is 53.8 Å². The van der Waals surface area contributed by atoms with Gasteiger partial charge in [-0.1, -0.05) is 24.3 Å². The van der Waals surface area contributed by atoms with Gasteiger partial charge in [-0.15, -0.1) is 0 Å². The Labute approximate surface area is 260 Å². The normalized spacial score (nSPS) is 32.0. The predicted molar refractivity (Wildman–Crippen MR) is 158 cm³/mol. The van der Waals surface area contributed by atoms with Crippen molar-refractivity contribution in [2.45, 2.75) is 43.5 Å². The molecule has 4 saturated heterocycles. The van der Waals surface area contributed by atoms with Gasteiger partial charge in [0.25, 0.3) is 0 Å². The molecule has 4 fully saturated rings. The lowest BCUT2D eigenvalue weighted by molar-refractivity contribution is -1.08. The Hall–Kier alpha value is -1.82. The van der Waals surface area contributed by atoms with Crippen molar-refractivity contribution >= 4 is 0 Å². The van der Waals surface area contributed by atoms with E-state index in [0.29, 0.717) is 46.0 Å². The number of fused-ring (bicyclic) bond motifs is 3. The van der Waals surface area contributed by atoms with Crippen molar-refractivity contribution in [1.29, 1.82) is 0 Å². The fourth-order valence-corrected chi connectivity index (χ4v) is 6.33. The molecule has 1 aromatic carbocycles. The highest BCUT2D eigenvalue weighted by molar-refractivity contribution is 5.22. The van der Waals surface area contributed by atoms with Crippen LogP contribution in [0.15, 0.2) is 29.5 Å². The first-order valence-corrected chi connectivity index (χ1v) is 16.0. The lowest BCUT2D eigenvalue weighted by Crippen LogP contribution is -2.75. The number of hydrogen-bond acceptors (Lipinski definition) is 10. The third-order valence-corrected chi connectivity index (χ3v) is 9.47.